The molecule has 0 radical (unpaired) electrons. The molecule has 1 unspecified atom stereocenters. The van der Waals surface area contributed by atoms with E-state index in [-0.39, 0.29) is 0 Å². The number of benzene rings is 1. The fraction of sp³-hybridized carbons (Fsp3) is 0.353. The van der Waals surface area contributed by atoms with Crippen LogP contribution in [0.25, 0.3) is 0 Å². The van der Waals surface area contributed by atoms with Crippen molar-refractivity contribution in [2.45, 2.75) is 32.2 Å². The van der Waals surface area contributed by atoms with Crippen LogP contribution in [0.5, 0.6) is 5.88 Å². The third-order valence-electron chi connectivity index (χ3n) is 3.71. The molecular weight excluding hydrogens is 248 g/mol. The molecule has 1 atom stereocenters. The Morgan fingerprint density at radius 1 is 1.15 bits per heavy atom. The van der Waals surface area contributed by atoms with Crippen LogP contribution in [0.3, 0.4) is 0 Å². The summed E-state index contributed by atoms with van der Waals surface area (Å²) in [4.78, 5) is 4.48. The molecule has 3 heteroatoms. The fourth-order valence-corrected chi connectivity index (χ4v) is 2.75. The number of rotatable bonds is 4. The number of pyridine rings is 1. The van der Waals surface area contributed by atoms with E-state index in [1.165, 1.54) is 11.1 Å². The molecule has 20 heavy (non-hydrogen) atoms. The van der Waals surface area contributed by atoms with Gasteiger partial charge in [0.05, 0.1) is 6.61 Å². The molecule has 1 heterocycles. The summed E-state index contributed by atoms with van der Waals surface area (Å²) in [6.45, 7) is 2.62. The van der Waals surface area contributed by atoms with E-state index in [0.717, 1.165) is 25.1 Å². The molecule has 3 rings (SSSR count). The Morgan fingerprint density at radius 2 is 2.00 bits per heavy atom. The van der Waals surface area contributed by atoms with Gasteiger partial charge in [0.15, 0.2) is 0 Å². The summed E-state index contributed by atoms with van der Waals surface area (Å²) in [5.74, 6) is 1.59. The van der Waals surface area contributed by atoms with E-state index in [9.17, 15) is 0 Å². The summed E-state index contributed by atoms with van der Waals surface area (Å²) >= 11 is 0. The molecule has 0 fully saturated rings. The van der Waals surface area contributed by atoms with Crippen LogP contribution in [0.1, 0.15) is 24.5 Å². The number of aromatic nitrogens is 1. The summed E-state index contributed by atoms with van der Waals surface area (Å²) < 4.78 is 5.44. The molecule has 1 aromatic heterocycles. The van der Waals surface area contributed by atoms with Gasteiger partial charge in [0, 0.05) is 12.1 Å². The van der Waals surface area contributed by atoms with Crippen molar-refractivity contribution in [2.75, 3.05) is 11.9 Å². The van der Waals surface area contributed by atoms with Crippen molar-refractivity contribution in [1.29, 1.82) is 0 Å². The van der Waals surface area contributed by atoms with Crippen LogP contribution in [-0.2, 0) is 12.8 Å². The number of aryl methyl sites for hydroxylation is 1. The normalized spacial score (nSPS) is 17.4. The Balaban J connectivity index is 1.69. The maximum atomic E-state index is 5.44. The minimum atomic E-state index is 0.453. The van der Waals surface area contributed by atoms with Crippen LogP contribution in [0.4, 0.5) is 5.82 Å². The van der Waals surface area contributed by atoms with Crippen molar-refractivity contribution in [3.05, 3.63) is 53.6 Å². The van der Waals surface area contributed by atoms with Gasteiger partial charge >= 0.3 is 0 Å². The molecule has 0 spiro atoms. The standard InChI is InChI=1S/C17H20N2O/c1-2-20-17-9-5-8-16(19-17)18-15-11-10-13-6-3-4-7-14(13)12-15/h3-9,15H,2,10-12H2,1H3,(H,18,19). The summed E-state index contributed by atoms with van der Waals surface area (Å²) in [6, 6.07) is 15.0. The molecule has 1 aliphatic carbocycles. The predicted molar refractivity (Wildman–Crippen MR) is 81.3 cm³/mol. The zero-order valence-corrected chi connectivity index (χ0v) is 11.8. The quantitative estimate of drug-likeness (QED) is 0.922. The van der Waals surface area contributed by atoms with Gasteiger partial charge in [-0.05, 0) is 43.4 Å². The van der Waals surface area contributed by atoms with Crippen molar-refractivity contribution >= 4 is 5.82 Å². The van der Waals surface area contributed by atoms with E-state index in [0.29, 0.717) is 18.5 Å². The van der Waals surface area contributed by atoms with Gasteiger partial charge in [-0.25, -0.2) is 0 Å². The lowest BCUT2D eigenvalue weighted by Gasteiger charge is -2.26. The lowest BCUT2D eigenvalue weighted by molar-refractivity contribution is 0.327. The third-order valence-corrected chi connectivity index (χ3v) is 3.71. The molecule has 0 bridgehead atoms. The number of hydrogen-bond donors (Lipinski definition) is 1. The maximum absolute atomic E-state index is 5.44. The zero-order chi connectivity index (χ0) is 13.8. The summed E-state index contributed by atoms with van der Waals surface area (Å²) in [7, 11) is 0. The van der Waals surface area contributed by atoms with E-state index < -0.39 is 0 Å². The van der Waals surface area contributed by atoms with Crippen molar-refractivity contribution in [3.8, 4) is 5.88 Å². The van der Waals surface area contributed by atoms with Crippen LogP contribution >= 0.6 is 0 Å². The minimum absolute atomic E-state index is 0.453. The Labute approximate surface area is 120 Å². The smallest absolute Gasteiger partial charge is 0.215 e. The number of nitrogens with zero attached hydrogens (tertiary/aromatic N) is 1. The van der Waals surface area contributed by atoms with Crippen molar-refractivity contribution in [2.24, 2.45) is 0 Å². The van der Waals surface area contributed by atoms with Gasteiger partial charge in [0.2, 0.25) is 5.88 Å². The topological polar surface area (TPSA) is 34.1 Å². The Bertz CT molecular complexity index is 583. The average Bonchev–Trinajstić information content (AvgIpc) is 2.48. The Hall–Kier alpha value is -2.03. The molecule has 1 aliphatic rings. The molecule has 0 aliphatic heterocycles. The van der Waals surface area contributed by atoms with Crippen LogP contribution in [0.15, 0.2) is 42.5 Å². The first-order valence-corrected chi connectivity index (χ1v) is 7.28. The minimum Gasteiger partial charge on any atom is -0.478 e. The van der Waals surface area contributed by atoms with Crippen molar-refractivity contribution in [1.82, 2.24) is 4.98 Å². The summed E-state index contributed by atoms with van der Waals surface area (Å²) in [5, 5.41) is 3.53. The van der Waals surface area contributed by atoms with Gasteiger partial charge in [-0.15, -0.1) is 0 Å². The van der Waals surface area contributed by atoms with Crippen molar-refractivity contribution in [3.63, 3.8) is 0 Å². The fourth-order valence-electron chi connectivity index (χ4n) is 2.75. The number of fused-ring (bicyclic) bond motifs is 1. The molecule has 3 nitrogen and oxygen atoms in total. The number of nitrogens with one attached hydrogen (secondary N) is 1. The summed E-state index contributed by atoms with van der Waals surface area (Å²) in [5.41, 5.74) is 2.94. The second kappa shape index (κ2) is 5.95. The molecule has 2 aromatic rings. The second-order valence-corrected chi connectivity index (χ2v) is 5.15. The van der Waals surface area contributed by atoms with Crippen LogP contribution in [-0.4, -0.2) is 17.6 Å². The largest absolute Gasteiger partial charge is 0.478 e. The van der Waals surface area contributed by atoms with Gasteiger partial charge in [-0.2, -0.15) is 4.98 Å². The SMILES string of the molecule is CCOc1cccc(NC2CCc3ccccc3C2)n1. The van der Waals surface area contributed by atoms with Crippen LogP contribution in [0, 0.1) is 0 Å². The number of anilines is 1. The molecule has 1 N–H and O–H groups in total. The van der Waals surface area contributed by atoms with Gasteiger partial charge in [-0.3, -0.25) is 0 Å². The highest BCUT2D eigenvalue weighted by Crippen LogP contribution is 2.23. The monoisotopic (exact) mass is 268 g/mol. The first kappa shape index (κ1) is 13.0. The summed E-state index contributed by atoms with van der Waals surface area (Å²) in [6.07, 6.45) is 3.35. The second-order valence-electron chi connectivity index (χ2n) is 5.15. The van der Waals surface area contributed by atoms with E-state index in [1.54, 1.807) is 0 Å². The van der Waals surface area contributed by atoms with E-state index in [1.807, 2.05) is 25.1 Å². The van der Waals surface area contributed by atoms with E-state index in [2.05, 4.69) is 34.6 Å². The van der Waals surface area contributed by atoms with Crippen molar-refractivity contribution < 1.29 is 4.74 Å². The lowest BCUT2D eigenvalue weighted by Crippen LogP contribution is -2.27. The van der Waals surface area contributed by atoms with Gasteiger partial charge in [-0.1, -0.05) is 30.3 Å². The van der Waals surface area contributed by atoms with E-state index in [4.69, 9.17) is 4.74 Å². The molecule has 0 amide bonds. The Morgan fingerprint density at radius 3 is 2.85 bits per heavy atom. The van der Waals surface area contributed by atoms with Crippen LogP contribution < -0.4 is 10.1 Å². The molecule has 1 aromatic carbocycles. The van der Waals surface area contributed by atoms with Gasteiger partial charge < -0.3 is 10.1 Å². The molecule has 0 saturated carbocycles. The highest BCUT2D eigenvalue weighted by molar-refractivity contribution is 5.40. The van der Waals surface area contributed by atoms with E-state index >= 15 is 0 Å². The predicted octanol–water partition coefficient (Wildman–Crippen LogP) is 3.45. The maximum Gasteiger partial charge on any atom is 0.215 e. The highest BCUT2D eigenvalue weighted by atomic mass is 16.5. The molecule has 104 valence electrons. The lowest BCUT2D eigenvalue weighted by atomic mass is 9.88. The molecular formula is C17H20N2O. The number of ether oxygens (including phenoxy) is 1. The number of hydrogen-bond acceptors (Lipinski definition) is 3. The first-order valence-electron chi connectivity index (χ1n) is 7.28. The third kappa shape index (κ3) is 2.93. The average molecular weight is 268 g/mol. The van der Waals surface area contributed by atoms with Gasteiger partial charge in [0.25, 0.3) is 0 Å². The van der Waals surface area contributed by atoms with Crippen LogP contribution in [0.2, 0.25) is 0 Å². The Kier molecular flexibility index (Phi) is 3.86. The molecule has 0 saturated heterocycles. The highest BCUT2D eigenvalue weighted by Gasteiger charge is 2.18. The first-order chi connectivity index (χ1) is 9.85. The van der Waals surface area contributed by atoms with Gasteiger partial charge in [0.1, 0.15) is 5.82 Å². The zero-order valence-electron chi connectivity index (χ0n) is 11.8.